The molecule has 0 unspecified atom stereocenters. The fraction of sp³-hybridized carbons (Fsp3) is 0.167. The van der Waals surface area contributed by atoms with E-state index >= 15 is 0 Å². The van der Waals surface area contributed by atoms with Crippen LogP contribution in [-0.2, 0) is 10.1 Å². The Morgan fingerprint density at radius 2 is 1.94 bits per heavy atom. The SMILES string of the molecule is Cc1csc(-c2cccc(S(=O)(=O)O)c2C)c1. The van der Waals surface area contributed by atoms with Crippen LogP contribution in [0.5, 0.6) is 0 Å². The standard InChI is InChI=1S/C12H12O3S2/c1-8-6-11(16-7-8)10-4-3-5-12(9(10)2)17(13,14)15/h3-7H,1-2H3,(H,13,14,15). The normalized spacial score (nSPS) is 11.7. The van der Waals surface area contributed by atoms with Gasteiger partial charge in [-0.1, -0.05) is 12.1 Å². The monoisotopic (exact) mass is 268 g/mol. The van der Waals surface area contributed by atoms with Gasteiger partial charge in [-0.25, -0.2) is 0 Å². The van der Waals surface area contributed by atoms with Gasteiger partial charge in [0, 0.05) is 4.88 Å². The third kappa shape index (κ3) is 2.41. The third-order valence-corrected chi connectivity index (χ3v) is 4.64. The second kappa shape index (κ2) is 4.25. The number of benzene rings is 1. The van der Waals surface area contributed by atoms with Gasteiger partial charge in [-0.05, 0) is 48.1 Å². The van der Waals surface area contributed by atoms with Gasteiger partial charge in [-0.3, -0.25) is 4.55 Å². The predicted octanol–water partition coefficient (Wildman–Crippen LogP) is 3.28. The van der Waals surface area contributed by atoms with Crippen LogP contribution >= 0.6 is 11.3 Å². The highest BCUT2D eigenvalue weighted by Gasteiger charge is 2.16. The number of thiophene rings is 1. The largest absolute Gasteiger partial charge is 0.294 e. The fourth-order valence-corrected chi connectivity index (χ4v) is 3.46. The van der Waals surface area contributed by atoms with Crippen molar-refractivity contribution in [2.24, 2.45) is 0 Å². The van der Waals surface area contributed by atoms with Gasteiger partial charge in [0.1, 0.15) is 0 Å². The number of rotatable bonds is 2. The lowest BCUT2D eigenvalue weighted by Gasteiger charge is -2.07. The lowest BCUT2D eigenvalue weighted by Crippen LogP contribution is -2.01. The molecule has 0 atom stereocenters. The van der Waals surface area contributed by atoms with Crippen molar-refractivity contribution in [2.45, 2.75) is 18.7 Å². The molecule has 0 spiro atoms. The smallest absolute Gasteiger partial charge is 0.282 e. The third-order valence-electron chi connectivity index (χ3n) is 2.56. The zero-order valence-corrected chi connectivity index (χ0v) is 11.1. The van der Waals surface area contributed by atoms with Crippen LogP contribution in [0.15, 0.2) is 34.5 Å². The van der Waals surface area contributed by atoms with E-state index in [-0.39, 0.29) is 4.90 Å². The van der Waals surface area contributed by atoms with Crippen LogP contribution in [0.2, 0.25) is 0 Å². The van der Waals surface area contributed by atoms with Gasteiger partial charge in [0.2, 0.25) is 0 Å². The average Bonchev–Trinajstić information content (AvgIpc) is 2.63. The van der Waals surface area contributed by atoms with E-state index in [0.29, 0.717) is 5.56 Å². The minimum atomic E-state index is -4.15. The van der Waals surface area contributed by atoms with Gasteiger partial charge >= 0.3 is 0 Å². The van der Waals surface area contributed by atoms with Crippen LogP contribution in [0, 0.1) is 13.8 Å². The summed E-state index contributed by atoms with van der Waals surface area (Å²) in [4.78, 5) is 0.978. The zero-order chi connectivity index (χ0) is 12.6. The van der Waals surface area contributed by atoms with Gasteiger partial charge < -0.3 is 0 Å². The minimum Gasteiger partial charge on any atom is -0.282 e. The molecule has 2 aromatic rings. The molecular weight excluding hydrogens is 256 g/mol. The van der Waals surface area contributed by atoms with Crippen molar-refractivity contribution in [1.82, 2.24) is 0 Å². The first-order valence-electron chi connectivity index (χ1n) is 5.02. The minimum absolute atomic E-state index is 0.0268. The summed E-state index contributed by atoms with van der Waals surface area (Å²) in [5.41, 5.74) is 2.57. The summed E-state index contributed by atoms with van der Waals surface area (Å²) in [6, 6.07) is 6.91. The summed E-state index contributed by atoms with van der Waals surface area (Å²) in [7, 11) is -4.15. The molecule has 0 aliphatic rings. The predicted molar refractivity (Wildman–Crippen MR) is 69.0 cm³/mol. The molecule has 1 aromatic carbocycles. The topological polar surface area (TPSA) is 54.4 Å². The van der Waals surface area contributed by atoms with Gasteiger partial charge in [0.25, 0.3) is 10.1 Å². The van der Waals surface area contributed by atoms with Crippen LogP contribution in [0.3, 0.4) is 0 Å². The van der Waals surface area contributed by atoms with Crippen LogP contribution in [0.1, 0.15) is 11.1 Å². The second-order valence-electron chi connectivity index (χ2n) is 3.89. The van der Waals surface area contributed by atoms with Crippen molar-refractivity contribution in [3.8, 4) is 10.4 Å². The van der Waals surface area contributed by atoms with Crippen LogP contribution < -0.4 is 0 Å². The first kappa shape index (κ1) is 12.3. The molecule has 1 N–H and O–H groups in total. The summed E-state index contributed by atoms with van der Waals surface area (Å²) in [6.07, 6.45) is 0. The molecule has 0 amide bonds. The Kier molecular flexibility index (Phi) is 3.07. The molecule has 90 valence electrons. The molecule has 0 radical (unpaired) electrons. The molecule has 5 heteroatoms. The van der Waals surface area contributed by atoms with E-state index in [9.17, 15) is 8.42 Å². The number of aryl methyl sites for hydroxylation is 1. The van der Waals surface area contributed by atoms with Crippen molar-refractivity contribution < 1.29 is 13.0 Å². The quantitative estimate of drug-likeness (QED) is 0.850. The van der Waals surface area contributed by atoms with Gasteiger partial charge in [-0.2, -0.15) is 8.42 Å². The average molecular weight is 268 g/mol. The highest BCUT2D eigenvalue weighted by atomic mass is 32.2. The zero-order valence-electron chi connectivity index (χ0n) is 9.47. The summed E-state index contributed by atoms with van der Waals surface area (Å²) in [6.45, 7) is 3.69. The Morgan fingerprint density at radius 3 is 2.47 bits per heavy atom. The molecule has 17 heavy (non-hydrogen) atoms. The maximum atomic E-state index is 11.2. The highest BCUT2D eigenvalue weighted by Crippen LogP contribution is 2.32. The number of hydrogen-bond donors (Lipinski definition) is 1. The van der Waals surface area contributed by atoms with E-state index in [1.54, 1.807) is 24.3 Å². The second-order valence-corrected chi connectivity index (χ2v) is 6.19. The Hall–Kier alpha value is -1.17. The number of hydrogen-bond acceptors (Lipinski definition) is 3. The van der Waals surface area contributed by atoms with Crippen molar-refractivity contribution in [1.29, 1.82) is 0 Å². The van der Waals surface area contributed by atoms with Gasteiger partial charge in [-0.15, -0.1) is 11.3 Å². The molecular formula is C12H12O3S2. The van der Waals surface area contributed by atoms with E-state index < -0.39 is 10.1 Å². The van der Waals surface area contributed by atoms with E-state index in [4.69, 9.17) is 4.55 Å². The first-order chi connectivity index (χ1) is 7.89. The van der Waals surface area contributed by atoms with Crippen LogP contribution in [0.4, 0.5) is 0 Å². The Morgan fingerprint density at radius 1 is 1.24 bits per heavy atom. The molecule has 1 heterocycles. The van der Waals surface area contributed by atoms with Crippen LogP contribution in [-0.4, -0.2) is 13.0 Å². The summed E-state index contributed by atoms with van der Waals surface area (Å²) in [5, 5.41) is 2.01. The maximum Gasteiger partial charge on any atom is 0.294 e. The van der Waals surface area contributed by atoms with E-state index in [2.05, 4.69) is 0 Å². The summed E-state index contributed by atoms with van der Waals surface area (Å²) in [5.74, 6) is 0. The summed E-state index contributed by atoms with van der Waals surface area (Å²) < 4.78 is 31.5. The molecule has 0 bridgehead atoms. The van der Waals surface area contributed by atoms with E-state index in [1.165, 1.54) is 6.07 Å². The summed E-state index contributed by atoms with van der Waals surface area (Å²) >= 11 is 1.56. The van der Waals surface area contributed by atoms with Crippen LogP contribution in [0.25, 0.3) is 10.4 Å². The Bertz CT molecular complexity index is 654. The van der Waals surface area contributed by atoms with Crippen molar-refractivity contribution >= 4 is 21.5 Å². The molecule has 1 aromatic heterocycles. The fourth-order valence-electron chi connectivity index (χ4n) is 1.73. The van der Waals surface area contributed by atoms with E-state index in [0.717, 1.165) is 16.0 Å². The highest BCUT2D eigenvalue weighted by molar-refractivity contribution is 7.85. The lowest BCUT2D eigenvalue weighted by atomic mass is 10.1. The molecule has 0 aliphatic carbocycles. The van der Waals surface area contributed by atoms with Gasteiger partial charge in [0.15, 0.2) is 0 Å². The molecule has 0 saturated heterocycles. The first-order valence-corrected chi connectivity index (χ1v) is 7.34. The van der Waals surface area contributed by atoms with Gasteiger partial charge in [0.05, 0.1) is 4.90 Å². The van der Waals surface area contributed by atoms with E-state index in [1.807, 2.05) is 24.4 Å². The molecule has 0 aliphatic heterocycles. The lowest BCUT2D eigenvalue weighted by molar-refractivity contribution is 0.482. The van der Waals surface area contributed by atoms with Crippen molar-refractivity contribution in [2.75, 3.05) is 0 Å². The van der Waals surface area contributed by atoms with Crippen molar-refractivity contribution in [3.05, 3.63) is 40.8 Å². The molecule has 3 nitrogen and oxygen atoms in total. The maximum absolute atomic E-state index is 11.2. The molecule has 0 saturated carbocycles. The Labute approximate surface area is 104 Å². The molecule has 0 fully saturated rings. The molecule has 2 rings (SSSR count). The van der Waals surface area contributed by atoms with Crippen molar-refractivity contribution in [3.63, 3.8) is 0 Å². The Balaban J connectivity index is 2.65.